The van der Waals surface area contributed by atoms with Crippen LogP contribution in [0.2, 0.25) is 0 Å². The van der Waals surface area contributed by atoms with Crippen LogP contribution in [0, 0.1) is 0 Å². The fourth-order valence-corrected chi connectivity index (χ4v) is 2.53. The Balaban J connectivity index is 1.80. The summed E-state index contributed by atoms with van der Waals surface area (Å²) in [5.74, 6) is -0.276. The molecule has 3 heteroatoms. The van der Waals surface area contributed by atoms with Crippen LogP contribution in [0.25, 0.3) is 0 Å². The zero-order valence-corrected chi connectivity index (χ0v) is 7.34. The highest BCUT2D eigenvalue weighted by molar-refractivity contribution is 5.07. The monoisotopic (exact) mass is 170 g/mol. The van der Waals surface area contributed by atoms with Crippen LogP contribution >= 0.6 is 0 Å². The summed E-state index contributed by atoms with van der Waals surface area (Å²) in [4.78, 5) is 0. The van der Waals surface area contributed by atoms with Crippen molar-refractivity contribution in [1.29, 1.82) is 0 Å². The minimum Gasteiger partial charge on any atom is -0.366 e. The molecule has 2 saturated heterocycles. The molecule has 2 atom stereocenters. The maximum Gasteiger partial charge on any atom is 0.171 e. The molecule has 0 amide bonds. The maximum absolute atomic E-state index is 5.64. The van der Waals surface area contributed by atoms with Crippen LogP contribution in [0.1, 0.15) is 26.2 Å². The van der Waals surface area contributed by atoms with Gasteiger partial charge >= 0.3 is 0 Å². The first-order valence-corrected chi connectivity index (χ1v) is 4.68. The van der Waals surface area contributed by atoms with Crippen LogP contribution in [0.15, 0.2) is 0 Å². The summed E-state index contributed by atoms with van der Waals surface area (Å²) in [5, 5.41) is 0. The average Bonchev–Trinajstić information content (AvgIpc) is 2.47. The Morgan fingerprint density at radius 1 is 1.25 bits per heavy atom. The first-order valence-electron chi connectivity index (χ1n) is 4.68. The van der Waals surface area contributed by atoms with Crippen molar-refractivity contribution in [3.63, 3.8) is 0 Å². The van der Waals surface area contributed by atoms with Gasteiger partial charge in [0.05, 0.1) is 24.9 Å². The van der Waals surface area contributed by atoms with E-state index in [-0.39, 0.29) is 11.4 Å². The van der Waals surface area contributed by atoms with E-state index in [1.807, 2.05) is 0 Å². The molecule has 3 aliphatic rings. The van der Waals surface area contributed by atoms with Crippen LogP contribution in [0.4, 0.5) is 0 Å². The molecule has 0 unspecified atom stereocenters. The van der Waals surface area contributed by atoms with Crippen LogP contribution in [-0.4, -0.2) is 30.7 Å². The second kappa shape index (κ2) is 2.03. The highest BCUT2D eigenvalue weighted by atomic mass is 16.7. The largest absolute Gasteiger partial charge is 0.366 e. The lowest BCUT2D eigenvalue weighted by atomic mass is 9.86. The van der Waals surface area contributed by atoms with Gasteiger partial charge in [0, 0.05) is 12.8 Å². The zero-order chi connectivity index (χ0) is 8.23. The Kier molecular flexibility index (Phi) is 1.23. The summed E-state index contributed by atoms with van der Waals surface area (Å²) < 4.78 is 16.9. The number of fused-ring (bicyclic) bond motifs is 1. The van der Waals surface area contributed by atoms with Crippen molar-refractivity contribution in [2.45, 2.75) is 43.7 Å². The molecule has 12 heavy (non-hydrogen) atoms. The van der Waals surface area contributed by atoms with Crippen LogP contribution in [0.5, 0.6) is 0 Å². The quantitative estimate of drug-likeness (QED) is 0.509. The SMILES string of the molecule is C[C@]12CC3(CC[C@H]1O2)OCCO3. The fourth-order valence-electron chi connectivity index (χ4n) is 2.53. The van der Waals surface area contributed by atoms with Crippen molar-refractivity contribution < 1.29 is 14.2 Å². The molecular formula is C9H14O3. The third-order valence-corrected chi connectivity index (χ3v) is 3.26. The lowest BCUT2D eigenvalue weighted by Gasteiger charge is -2.32. The standard InChI is InChI=1S/C9H14O3/c1-8-6-9(10-4-5-11-9)3-2-7(8)12-8/h7H,2-6H2,1H3/t7-,8+/m1/s1. The molecule has 1 spiro atoms. The molecule has 1 aliphatic carbocycles. The van der Waals surface area contributed by atoms with E-state index in [1.165, 1.54) is 0 Å². The van der Waals surface area contributed by atoms with E-state index in [1.54, 1.807) is 0 Å². The predicted molar refractivity (Wildman–Crippen MR) is 41.8 cm³/mol. The Morgan fingerprint density at radius 3 is 2.67 bits per heavy atom. The predicted octanol–water partition coefficient (Wildman–Crippen LogP) is 1.07. The van der Waals surface area contributed by atoms with E-state index in [4.69, 9.17) is 14.2 Å². The van der Waals surface area contributed by atoms with Gasteiger partial charge in [-0.05, 0) is 13.3 Å². The molecule has 0 radical (unpaired) electrons. The van der Waals surface area contributed by atoms with E-state index >= 15 is 0 Å². The highest BCUT2D eigenvalue weighted by Gasteiger charge is 2.61. The smallest absolute Gasteiger partial charge is 0.171 e. The molecule has 0 aromatic carbocycles. The first kappa shape index (κ1) is 7.30. The van der Waals surface area contributed by atoms with Crippen molar-refractivity contribution in [3.8, 4) is 0 Å². The van der Waals surface area contributed by atoms with Crippen molar-refractivity contribution in [3.05, 3.63) is 0 Å². The second-order valence-electron chi connectivity index (χ2n) is 4.24. The summed E-state index contributed by atoms with van der Waals surface area (Å²) in [6, 6.07) is 0. The Morgan fingerprint density at radius 2 is 2.00 bits per heavy atom. The van der Waals surface area contributed by atoms with Gasteiger partial charge in [-0.1, -0.05) is 0 Å². The Bertz CT molecular complexity index is 210. The van der Waals surface area contributed by atoms with E-state index in [2.05, 4.69) is 6.92 Å². The van der Waals surface area contributed by atoms with Crippen LogP contribution in [0.3, 0.4) is 0 Å². The second-order valence-corrected chi connectivity index (χ2v) is 4.24. The lowest BCUT2D eigenvalue weighted by molar-refractivity contribution is -0.179. The van der Waals surface area contributed by atoms with Crippen molar-refractivity contribution in [2.24, 2.45) is 0 Å². The number of hydrogen-bond acceptors (Lipinski definition) is 3. The third-order valence-electron chi connectivity index (χ3n) is 3.26. The molecule has 0 aromatic rings. The van der Waals surface area contributed by atoms with Gasteiger partial charge in [-0.3, -0.25) is 0 Å². The summed E-state index contributed by atoms with van der Waals surface area (Å²) in [6.45, 7) is 3.66. The molecule has 3 rings (SSSR count). The van der Waals surface area contributed by atoms with Crippen molar-refractivity contribution in [1.82, 2.24) is 0 Å². The van der Waals surface area contributed by atoms with E-state index in [0.29, 0.717) is 6.10 Å². The molecule has 0 N–H and O–H groups in total. The molecule has 2 aliphatic heterocycles. The van der Waals surface area contributed by atoms with Gasteiger partial charge in [-0.2, -0.15) is 0 Å². The van der Waals surface area contributed by atoms with Crippen molar-refractivity contribution >= 4 is 0 Å². The van der Waals surface area contributed by atoms with Crippen molar-refractivity contribution in [2.75, 3.05) is 13.2 Å². The van der Waals surface area contributed by atoms with Crippen LogP contribution < -0.4 is 0 Å². The first-order chi connectivity index (χ1) is 5.73. The molecule has 3 fully saturated rings. The van der Waals surface area contributed by atoms with Gasteiger partial charge in [0.2, 0.25) is 0 Å². The maximum atomic E-state index is 5.64. The zero-order valence-electron chi connectivity index (χ0n) is 7.34. The number of rotatable bonds is 0. The van der Waals surface area contributed by atoms with Gasteiger partial charge in [-0.15, -0.1) is 0 Å². The average molecular weight is 170 g/mol. The minimum atomic E-state index is -0.276. The molecule has 3 nitrogen and oxygen atoms in total. The molecule has 2 heterocycles. The minimum absolute atomic E-state index is 0.0720. The topological polar surface area (TPSA) is 31.0 Å². The summed E-state index contributed by atoms with van der Waals surface area (Å²) >= 11 is 0. The fraction of sp³-hybridized carbons (Fsp3) is 1.00. The Labute approximate surface area is 72.0 Å². The van der Waals surface area contributed by atoms with Gasteiger partial charge in [-0.25, -0.2) is 0 Å². The summed E-state index contributed by atoms with van der Waals surface area (Å²) in [7, 11) is 0. The van der Waals surface area contributed by atoms with Gasteiger partial charge in [0.25, 0.3) is 0 Å². The number of ether oxygens (including phenoxy) is 3. The number of epoxide rings is 1. The van der Waals surface area contributed by atoms with Gasteiger partial charge in [0.1, 0.15) is 0 Å². The van der Waals surface area contributed by atoms with Gasteiger partial charge < -0.3 is 14.2 Å². The molecule has 1 saturated carbocycles. The van der Waals surface area contributed by atoms with E-state index in [9.17, 15) is 0 Å². The van der Waals surface area contributed by atoms with Crippen LogP contribution in [-0.2, 0) is 14.2 Å². The summed E-state index contributed by atoms with van der Waals surface area (Å²) in [5.41, 5.74) is 0.0720. The number of hydrogen-bond donors (Lipinski definition) is 0. The molecular weight excluding hydrogens is 156 g/mol. The third kappa shape index (κ3) is 0.873. The molecule has 0 aromatic heterocycles. The van der Waals surface area contributed by atoms with Gasteiger partial charge in [0.15, 0.2) is 5.79 Å². The van der Waals surface area contributed by atoms with E-state index < -0.39 is 0 Å². The molecule has 68 valence electrons. The normalized spacial score (nSPS) is 49.2. The highest BCUT2D eigenvalue weighted by Crippen LogP contribution is 2.53. The van der Waals surface area contributed by atoms with E-state index in [0.717, 1.165) is 32.5 Å². The Hall–Kier alpha value is -0.120. The molecule has 0 bridgehead atoms. The summed E-state index contributed by atoms with van der Waals surface area (Å²) in [6.07, 6.45) is 3.50. The lowest BCUT2D eigenvalue weighted by Crippen LogP contribution is -2.39.